The Labute approximate surface area is 160 Å². The number of anilines is 1. The molecule has 1 fully saturated rings. The zero-order valence-corrected chi connectivity index (χ0v) is 15.1. The van der Waals surface area contributed by atoms with Gasteiger partial charge < -0.3 is 15.7 Å². The van der Waals surface area contributed by atoms with Gasteiger partial charge in [0.15, 0.2) is 0 Å². The van der Waals surface area contributed by atoms with Crippen LogP contribution in [-0.2, 0) is 23.3 Å². The van der Waals surface area contributed by atoms with Crippen LogP contribution in [0.5, 0.6) is 0 Å². The standard InChI is InChI=1S/C21H18N4O3/c22-20-23-16-6-5-14(21(7-8-21)19(27)28)9-15(16)17(24-20)18(26)25-10-12-3-1-2-4-13(12)11-25/h1-6,9H,7-8,10-11H2,(H,27,28)(H2,22,23,24). The number of benzene rings is 2. The lowest BCUT2D eigenvalue weighted by molar-refractivity contribution is -0.140. The highest BCUT2D eigenvalue weighted by molar-refractivity contribution is 6.05. The molecule has 0 atom stereocenters. The SMILES string of the molecule is Nc1nc(C(=O)N2Cc3ccccc3C2)c2cc(C3(C(=O)O)CC3)ccc2n1. The van der Waals surface area contributed by atoms with E-state index >= 15 is 0 Å². The summed E-state index contributed by atoms with van der Waals surface area (Å²) in [6.07, 6.45) is 1.18. The first-order valence-electron chi connectivity index (χ1n) is 9.15. The Morgan fingerprint density at radius 3 is 2.32 bits per heavy atom. The maximum absolute atomic E-state index is 13.3. The number of nitrogens with two attached hydrogens (primary N) is 1. The molecule has 0 spiro atoms. The molecule has 0 saturated heterocycles. The molecule has 5 rings (SSSR count). The molecule has 1 aliphatic heterocycles. The van der Waals surface area contributed by atoms with Crippen LogP contribution in [-0.4, -0.2) is 31.9 Å². The van der Waals surface area contributed by atoms with Crippen molar-refractivity contribution < 1.29 is 14.7 Å². The van der Waals surface area contributed by atoms with Gasteiger partial charge in [-0.1, -0.05) is 30.3 Å². The Morgan fingerprint density at radius 2 is 1.71 bits per heavy atom. The summed E-state index contributed by atoms with van der Waals surface area (Å²) < 4.78 is 0. The molecule has 1 aliphatic carbocycles. The first-order chi connectivity index (χ1) is 13.5. The fraction of sp³-hybridized carbons (Fsp3) is 0.238. The smallest absolute Gasteiger partial charge is 0.314 e. The van der Waals surface area contributed by atoms with Gasteiger partial charge in [-0.25, -0.2) is 9.97 Å². The van der Waals surface area contributed by atoms with Crippen molar-refractivity contribution in [3.05, 3.63) is 64.8 Å². The van der Waals surface area contributed by atoms with Crippen LogP contribution in [0.15, 0.2) is 42.5 Å². The van der Waals surface area contributed by atoms with E-state index in [9.17, 15) is 14.7 Å². The van der Waals surface area contributed by atoms with E-state index in [0.29, 0.717) is 42.4 Å². The molecule has 3 aromatic rings. The topological polar surface area (TPSA) is 109 Å². The van der Waals surface area contributed by atoms with Gasteiger partial charge in [0.2, 0.25) is 5.95 Å². The molecule has 2 aromatic carbocycles. The molecule has 1 saturated carbocycles. The van der Waals surface area contributed by atoms with Crippen molar-refractivity contribution in [2.75, 3.05) is 5.73 Å². The minimum Gasteiger partial charge on any atom is -0.481 e. The summed E-state index contributed by atoms with van der Waals surface area (Å²) in [5, 5.41) is 10.1. The van der Waals surface area contributed by atoms with Crippen LogP contribution < -0.4 is 5.73 Å². The second-order valence-electron chi connectivity index (χ2n) is 7.48. The summed E-state index contributed by atoms with van der Waals surface area (Å²) in [5.41, 5.74) is 8.65. The van der Waals surface area contributed by atoms with Crippen LogP contribution in [0.4, 0.5) is 5.95 Å². The summed E-state index contributed by atoms with van der Waals surface area (Å²) in [6.45, 7) is 1.03. The number of aliphatic carboxylic acids is 1. The van der Waals surface area contributed by atoms with Crippen molar-refractivity contribution in [1.29, 1.82) is 0 Å². The van der Waals surface area contributed by atoms with Crippen LogP contribution >= 0.6 is 0 Å². The second kappa shape index (κ2) is 5.76. The molecule has 140 valence electrons. The van der Waals surface area contributed by atoms with Crippen LogP contribution in [0, 0.1) is 0 Å². The fourth-order valence-corrected chi connectivity index (χ4v) is 3.98. The Bertz CT molecular complexity index is 1130. The minimum atomic E-state index is -0.861. The molecule has 2 aliphatic rings. The van der Waals surface area contributed by atoms with Crippen LogP contribution in [0.1, 0.15) is 40.0 Å². The number of fused-ring (bicyclic) bond motifs is 2. The summed E-state index contributed by atoms with van der Waals surface area (Å²) in [5.74, 6) is -1.04. The highest BCUT2D eigenvalue weighted by Crippen LogP contribution is 2.49. The van der Waals surface area contributed by atoms with Gasteiger partial charge in [-0.2, -0.15) is 0 Å². The molecule has 28 heavy (non-hydrogen) atoms. The number of rotatable bonds is 3. The fourth-order valence-electron chi connectivity index (χ4n) is 3.98. The van der Waals surface area contributed by atoms with E-state index in [1.807, 2.05) is 24.3 Å². The van der Waals surface area contributed by atoms with Crippen molar-refractivity contribution in [1.82, 2.24) is 14.9 Å². The average molecular weight is 374 g/mol. The normalized spacial score (nSPS) is 16.8. The number of nitrogens with zero attached hydrogens (tertiary/aromatic N) is 3. The Kier molecular flexibility index (Phi) is 3.43. The van der Waals surface area contributed by atoms with Gasteiger partial charge in [-0.15, -0.1) is 0 Å². The first-order valence-corrected chi connectivity index (χ1v) is 9.15. The number of carboxylic acids is 1. The second-order valence-corrected chi connectivity index (χ2v) is 7.48. The first kappa shape index (κ1) is 16.7. The number of hydrogen-bond donors (Lipinski definition) is 2. The molecule has 0 unspecified atom stereocenters. The molecule has 0 bridgehead atoms. The van der Waals surface area contributed by atoms with Gasteiger partial charge in [-0.05, 0) is 41.7 Å². The van der Waals surface area contributed by atoms with Crippen LogP contribution in [0.3, 0.4) is 0 Å². The van der Waals surface area contributed by atoms with Gasteiger partial charge in [0, 0.05) is 18.5 Å². The van der Waals surface area contributed by atoms with Crippen molar-refractivity contribution in [3.8, 4) is 0 Å². The maximum Gasteiger partial charge on any atom is 0.314 e. The van der Waals surface area contributed by atoms with E-state index in [0.717, 1.165) is 11.1 Å². The highest BCUT2D eigenvalue weighted by Gasteiger charge is 2.51. The minimum absolute atomic E-state index is 0.0275. The third kappa shape index (κ3) is 2.43. The number of hydrogen-bond acceptors (Lipinski definition) is 5. The molecular formula is C21H18N4O3. The summed E-state index contributed by atoms with van der Waals surface area (Å²) >= 11 is 0. The van der Waals surface area contributed by atoms with E-state index in [-0.39, 0.29) is 17.5 Å². The Morgan fingerprint density at radius 1 is 1.04 bits per heavy atom. The number of carbonyl (C=O) groups is 2. The Balaban J connectivity index is 1.59. The van der Waals surface area contributed by atoms with Gasteiger partial charge in [-0.3, -0.25) is 9.59 Å². The summed E-state index contributed by atoms with van der Waals surface area (Å²) in [6, 6.07) is 13.2. The van der Waals surface area contributed by atoms with Gasteiger partial charge in [0.25, 0.3) is 5.91 Å². The third-order valence-corrected chi connectivity index (χ3v) is 5.76. The van der Waals surface area contributed by atoms with Gasteiger partial charge in [0.05, 0.1) is 10.9 Å². The number of carboxylic acid groups (broad SMARTS) is 1. The lowest BCUT2D eigenvalue weighted by Gasteiger charge is -2.17. The van der Waals surface area contributed by atoms with Crippen LogP contribution in [0.2, 0.25) is 0 Å². The van der Waals surface area contributed by atoms with Gasteiger partial charge in [0.1, 0.15) is 5.69 Å². The number of nitrogen functional groups attached to an aromatic ring is 1. The molecule has 1 amide bonds. The predicted molar refractivity (Wildman–Crippen MR) is 103 cm³/mol. The molecular weight excluding hydrogens is 356 g/mol. The molecule has 7 heteroatoms. The number of carbonyl (C=O) groups excluding carboxylic acids is 1. The third-order valence-electron chi connectivity index (χ3n) is 5.76. The zero-order chi connectivity index (χ0) is 19.5. The monoisotopic (exact) mass is 374 g/mol. The summed E-state index contributed by atoms with van der Waals surface area (Å²) in [4.78, 5) is 35.1. The van der Waals surface area contributed by atoms with Crippen molar-refractivity contribution in [2.24, 2.45) is 0 Å². The van der Waals surface area contributed by atoms with Crippen molar-refractivity contribution >= 4 is 28.7 Å². The zero-order valence-electron chi connectivity index (χ0n) is 15.1. The van der Waals surface area contributed by atoms with E-state index in [1.54, 1.807) is 23.1 Å². The van der Waals surface area contributed by atoms with E-state index in [4.69, 9.17) is 5.73 Å². The average Bonchev–Trinajstić information content (AvgIpc) is 3.39. The van der Waals surface area contributed by atoms with Gasteiger partial charge >= 0.3 is 5.97 Å². The molecule has 7 nitrogen and oxygen atoms in total. The highest BCUT2D eigenvalue weighted by atomic mass is 16.4. The Hall–Kier alpha value is -3.48. The molecule has 0 radical (unpaired) electrons. The number of aromatic nitrogens is 2. The lowest BCUT2D eigenvalue weighted by Crippen LogP contribution is -2.27. The lowest BCUT2D eigenvalue weighted by atomic mass is 9.94. The van der Waals surface area contributed by atoms with E-state index in [2.05, 4.69) is 9.97 Å². The largest absolute Gasteiger partial charge is 0.481 e. The maximum atomic E-state index is 13.3. The van der Waals surface area contributed by atoms with Crippen LogP contribution in [0.25, 0.3) is 10.9 Å². The number of amides is 1. The molecule has 2 heterocycles. The van der Waals surface area contributed by atoms with Crippen molar-refractivity contribution in [3.63, 3.8) is 0 Å². The van der Waals surface area contributed by atoms with E-state index in [1.165, 1.54) is 0 Å². The van der Waals surface area contributed by atoms with Crippen molar-refractivity contribution in [2.45, 2.75) is 31.3 Å². The molecule has 3 N–H and O–H groups in total. The quantitative estimate of drug-likeness (QED) is 0.729. The summed E-state index contributed by atoms with van der Waals surface area (Å²) in [7, 11) is 0. The van der Waals surface area contributed by atoms with E-state index < -0.39 is 11.4 Å². The predicted octanol–water partition coefficient (Wildman–Crippen LogP) is 2.48. The molecule has 1 aromatic heterocycles.